The molecular formula is C12H19NO4S. The Morgan fingerprint density at radius 1 is 1.39 bits per heavy atom. The van der Waals surface area contributed by atoms with Crippen molar-refractivity contribution in [3.63, 3.8) is 0 Å². The second-order valence-corrected chi connectivity index (χ2v) is 6.30. The van der Waals surface area contributed by atoms with Gasteiger partial charge >= 0.3 is 0 Å². The van der Waals surface area contributed by atoms with Gasteiger partial charge in [0.15, 0.2) is 0 Å². The highest BCUT2D eigenvalue weighted by Crippen LogP contribution is 2.34. The van der Waals surface area contributed by atoms with Gasteiger partial charge < -0.3 is 9.84 Å². The molecule has 0 saturated heterocycles. The van der Waals surface area contributed by atoms with Gasteiger partial charge in [-0.05, 0) is 24.5 Å². The maximum absolute atomic E-state index is 11.8. The second kappa shape index (κ2) is 5.95. The number of hydrogen-bond donors (Lipinski definition) is 2. The highest BCUT2D eigenvalue weighted by Gasteiger charge is 2.16. The van der Waals surface area contributed by atoms with Crippen LogP contribution in [0.3, 0.4) is 0 Å². The molecule has 0 spiro atoms. The molecule has 102 valence electrons. The van der Waals surface area contributed by atoms with Gasteiger partial charge in [0.05, 0.1) is 12.9 Å². The molecule has 1 aromatic carbocycles. The molecule has 0 saturated carbocycles. The van der Waals surface area contributed by atoms with Gasteiger partial charge in [-0.15, -0.1) is 0 Å². The van der Waals surface area contributed by atoms with Crippen molar-refractivity contribution in [2.75, 3.05) is 17.6 Å². The van der Waals surface area contributed by atoms with Crippen LogP contribution in [0.5, 0.6) is 11.5 Å². The molecule has 0 atom stereocenters. The van der Waals surface area contributed by atoms with E-state index >= 15 is 0 Å². The minimum atomic E-state index is -3.47. The van der Waals surface area contributed by atoms with E-state index in [1.54, 1.807) is 12.1 Å². The summed E-state index contributed by atoms with van der Waals surface area (Å²) in [5.41, 5.74) is 0.0868. The SMILES string of the molecule is COc1cccc(O)c1NS(=O)(=O)CCC(C)C. The molecule has 0 aliphatic carbocycles. The smallest absolute Gasteiger partial charge is 0.232 e. The predicted molar refractivity (Wildman–Crippen MR) is 71.5 cm³/mol. The zero-order valence-corrected chi connectivity index (χ0v) is 11.6. The van der Waals surface area contributed by atoms with E-state index in [2.05, 4.69) is 4.72 Å². The molecular weight excluding hydrogens is 254 g/mol. The molecule has 18 heavy (non-hydrogen) atoms. The van der Waals surface area contributed by atoms with E-state index in [1.807, 2.05) is 13.8 Å². The van der Waals surface area contributed by atoms with E-state index < -0.39 is 10.0 Å². The standard InChI is InChI=1S/C12H19NO4S/c1-9(2)7-8-18(15,16)13-12-10(14)5-4-6-11(12)17-3/h4-6,9,13-14H,7-8H2,1-3H3. The van der Waals surface area contributed by atoms with Crippen LogP contribution < -0.4 is 9.46 Å². The van der Waals surface area contributed by atoms with Crippen LogP contribution in [0.25, 0.3) is 0 Å². The Kier molecular flexibility index (Phi) is 4.84. The zero-order valence-electron chi connectivity index (χ0n) is 10.8. The van der Waals surface area contributed by atoms with Crippen molar-refractivity contribution < 1.29 is 18.3 Å². The van der Waals surface area contributed by atoms with E-state index in [0.29, 0.717) is 18.1 Å². The first-order valence-corrected chi connectivity index (χ1v) is 7.37. The number of para-hydroxylation sites is 1. The lowest BCUT2D eigenvalue weighted by Crippen LogP contribution is -2.18. The molecule has 5 nitrogen and oxygen atoms in total. The summed E-state index contributed by atoms with van der Waals surface area (Å²) in [5, 5.41) is 9.66. The molecule has 0 aliphatic heterocycles. The second-order valence-electron chi connectivity index (χ2n) is 4.46. The Balaban J connectivity index is 2.90. The van der Waals surface area contributed by atoms with Crippen molar-refractivity contribution in [1.29, 1.82) is 0 Å². The van der Waals surface area contributed by atoms with Crippen LogP contribution >= 0.6 is 0 Å². The van der Waals surface area contributed by atoms with E-state index in [-0.39, 0.29) is 17.2 Å². The van der Waals surface area contributed by atoms with Gasteiger partial charge in [0, 0.05) is 0 Å². The third kappa shape index (κ3) is 4.10. The summed E-state index contributed by atoms with van der Waals surface area (Å²) in [6, 6.07) is 4.57. The Morgan fingerprint density at radius 2 is 2.06 bits per heavy atom. The summed E-state index contributed by atoms with van der Waals surface area (Å²) in [6.45, 7) is 3.91. The third-order valence-corrected chi connectivity index (χ3v) is 3.73. The number of phenols is 1. The largest absolute Gasteiger partial charge is 0.506 e. The lowest BCUT2D eigenvalue weighted by atomic mass is 10.2. The summed E-state index contributed by atoms with van der Waals surface area (Å²) in [7, 11) is -2.06. The fraction of sp³-hybridized carbons (Fsp3) is 0.500. The molecule has 1 rings (SSSR count). The maximum Gasteiger partial charge on any atom is 0.232 e. The van der Waals surface area contributed by atoms with Crippen LogP contribution in [0, 0.1) is 5.92 Å². The van der Waals surface area contributed by atoms with Crippen LogP contribution in [0.15, 0.2) is 18.2 Å². The number of phenolic OH excluding ortho intramolecular Hbond substituents is 1. The highest BCUT2D eigenvalue weighted by molar-refractivity contribution is 7.92. The monoisotopic (exact) mass is 273 g/mol. The van der Waals surface area contributed by atoms with Gasteiger partial charge in [-0.1, -0.05) is 19.9 Å². The average Bonchev–Trinajstić information content (AvgIpc) is 2.29. The molecule has 0 heterocycles. The number of rotatable bonds is 6. The lowest BCUT2D eigenvalue weighted by Gasteiger charge is -2.13. The quantitative estimate of drug-likeness (QED) is 0.779. The first kappa shape index (κ1) is 14.6. The van der Waals surface area contributed by atoms with Gasteiger partial charge in [0.25, 0.3) is 0 Å². The molecule has 0 unspecified atom stereocenters. The molecule has 0 aliphatic rings. The van der Waals surface area contributed by atoms with Gasteiger partial charge in [0.2, 0.25) is 10.0 Å². The number of benzene rings is 1. The fourth-order valence-corrected chi connectivity index (χ4v) is 2.79. The minimum absolute atomic E-state index is 0.0160. The van der Waals surface area contributed by atoms with Crippen molar-refractivity contribution >= 4 is 15.7 Å². The maximum atomic E-state index is 11.8. The lowest BCUT2D eigenvalue weighted by molar-refractivity contribution is 0.411. The van der Waals surface area contributed by atoms with E-state index in [0.717, 1.165) is 0 Å². The van der Waals surface area contributed by atoms with Crippen LogP contribution in [-0.2, 0) is 10.0 Å². The Bertz CT molecular complexity index is 497. The first-order valence-electron chi connectivity index (χ1n) is 5.72. The van der Waals surface area contributed by atoms with E-state index in [4.69, 9.17) is 4.74 Å². The van der Waals surface area contributed by atoms with Gasteiger partial charge in [0.1, 0.15) is 17.2 Å². The molecule has 2 N–H and O–H groups in total. The number of ether oxygens (including phenoxy) is 1. The summed E-state index contributed by atoms with van der Waals surface area (Å²) in [5.74, 6) is 0.459. The molecule has 6 heteroatoms. The Morgan fingerprint density at radius 3 is 2.61 bits per heavy atom. The van der Waals surface area contributed by atoms with Crippen molar-refractivity contribution in [1.82, 2.24) is 0 Å². The zero-order chi connectivity index (χ0) is 13.8. The van der Waals surface area contributed by atoms with Crippen LogP contribution in [0.4, 0.5) is 5.69 Å². The topological polar surface area (TPSA) is 75.6 Å². The molecule has 1 aromatic rings. The number of anilines is 1. The number of hydrogen-bond acceptors (Lipinski definition) is 4. The van der Waals surface area contributed by atoms with E-state index in [9.17, 15) is 13.5 Å². The summed E-state index contributed by atoms with van der Waals surface area (Å²) in [6.07, 6.45) is 0.561. The van der Waals surface area contributed by atoms with Crippen molar-refractivity contribution in [3.05, 3.63) is 18.2 Å². The van der Waals surface area contributed by atoms with Gasteiger partial charge in [-0.2, -0.15) is 0 Å². The van der Waals surface area contributed by atoms with Crippen LogP contribution in [0.2, 0.25) is 0 Å². The first-order chi connectivity index (χ1) is 8.35. The predicted octanol–water partition coefficient (Wildman–Crippen LogP) is 2.19. The average molecular weight is 273 g/mol. The number of methoxy groups -OCH3 is 1. The van der Waals surface area contributed by atoms with Crippen molar-refractivity contribution in [2.45, 2.75) is 20.3 Å². The van der Waals surface area contributed by atoms with Crippen molar-refractivity contribution in [3.8, 4) is 11.5 Å². The normalized spacial score (nSPS) is 11.6. The van der Waals surface area contributed by atoms with Gasteiger partial charge in [-0.3, -0.25) is 4.72 Å². The highest BCUT2D eigenvalue weighted by atomic mass is 32.2. The van der Waals surface area contributed by atoms with Crippen LogP contribution in [-0.4, -0.2) is 26.4 Å². The summed E-state index contributed by atoms with van der Waals surface area (Å²) >= 11 is 0. The molecule has 0 amide bonds. The van der Waals surface area contributed by atoms with E-state index in [1.165, 1.54) is 13.2 Å². The van der Waals surface area contributed by atoms with Crippen molar-refractivity contribution in [2.24, 2.45) is 5.92 Å². The summed E-state index contributed by atoms with van der Waals surface area (Å²) in [4.78, 5) is 0. The Labute approximate surface area is 108 Å². The number of nitrogens with one attached hydrogen (secondary N) is 1. The Hall–Kier alpha value is -1.43. The molecule has 0 fully saturated rings. The third-order valence-electron chi connectivity index (χ3n) is 2.45. The minimum Gasteiger partial charge on any atom is -0.506 e. The van der Waals surface area contributed by atoms with Gasteiger partial charge in [-0.25, -0.2) is 8.42 Å². The van der Waals surface area contributed by atoms with Crippen LogP contribution in [0.1, 0.15) is 20.3 Å². The summed E-state index contributed by atoms with van der Waals surface area (Å²) < 4.78 is 31.1. The molecule has 0 radical (unpaired) electrons. The fourth-order valence-electron chi connectivity index (χ4n) is 1.39. The molecule has 0 aromatic heterocycles. The molecule has 0 bridgehead atoms. The number of sulfonamides is 1. The number of aromatic hydroxyl groups is 1.